The van der Waals surface area contributed by atoms with Gasteiger partial charge in [0.25, 0.3) is 5.91 Å². The van der Waals surface area contributed by atoms with E-state index in [0.717, 1.165) is 38.2 Å². The third-order valence-corrected chi connectivity index (χ3v) is 4.99. The van der Waals surface area contributed by atoms with Gasteiger partial charge >= 0.3 is 0 Å². The number of aromatic nitrogens is 3. The Morgan fingerprint density at radius 1 is 1.29 bits per heavy atom. The van der Waals surface area contributed by atoms with Crippen LogP contribution in [0, 0.1) is 0 Å². The molecule has 0 saturated carbocycles. The van der Waals surface area contributed by atoms with Gasteiger partial charge < -0.3 is 4.90 Å². The molecule has 1 amide bonds. The lowest BCUT2D eigenvalue weighted by atomic mass is 9.76. The molecule has 6 nitrogen and oxygen atoms in total. The van der Waals surface area contributed by atoms with Crippen LogP contribution in [0.25, 0.3) is 0 Å². The Morgan fingerprint density at radius 3 is 2.58 bits per heavy atom. The number of rotatable bonds is 4. The van der Waals surface area contributed by atoms with Gasteiger partial charge in [0.2, 0.25) is 0 Å². The van der Waals surface area contributed by atoms with E-state index in [1.54, 1.807) is 25.2 Å². The first-order chi connectivity index (χ1) is 11.5. The molecule has 1 aliphatic heterocycles. The van der Waals surface area contributed by atoms with E-state index in [9.17, 15) is 4.79 Å². The average molecular weight is 327 g/mol. The van der Waals surface area contributed by atoms with Crippen LogP contribution < -0.4 is 0 Å². The molecule has 0 spiro atoms. The van der Waals surface area contributed by atoms with Gasteiger partial charge in [-0.15, -0.1) is 0 Å². The summed E-state index contributed by atoms with van der Waals surface area (Å²) in [6, 6.07) is 4.13. The number of amides is 1. The second-order valence-corrected chi connectivity index (χ2v) is 7.05. The molecule has 0 aromatic carbocycles. The highest BCUT2D eigenvalue weighted by atomic mass is 16.2. The van der Waals surface area contributed by atoms with E-state index in [2.05, 4.69) is 39.1 Å². The molecule has 1 fully saturated rings. The minimum absolute atomic E-state index is 0.0131. The average Bonchev–Trinajstić information content (AvgIpc) is 3.08. The van der Waals surface area contributed by atoms with Gasteiger partial charge in [-0.05, 0) is 43.6 Å². The zero-order valence-electron chi connectivity index (χ0n) is 14.6. The van der Waals surface area contributed by atoms with Crippen LogP contribution in [0.5, 0.6) is 0 Å². The van der Waals surface area contributed by atoms with E-state index in [0.29, 0.717) is 5.56 Å². The summed E-state index contributed by atoms with van der Waals surface area (Å²) in [5, 5.41) is 7.23. The summed E-state index contributed by atoms with van der Waals surface area (Å²) in [6.07, 6.45) is 7.36. The molecule has 0 atom stereocenters. The zero-order valence-corrected chi connectivity index (χ0v) is 14.6. The van der Waals surface area contributed by atoms with Gasteiger partial charge in [-0.25, -0.2) is 0 Å². The molecular weight excluding hydrogens is 302 g/mol. The van der Waals surface area contributed by atoms with E-state index in [-0.39, 0.29) is 11.3 Å². The van der Waals surface area contributed by atoms with Crippen molar-refractivity contribution in [3.63, 3.8) is 0 Å². The van der Waals surface area contributed by atoms with Crippen molar-refractivity contribution in [2.75, 3.05) is 27.2 Å². The highest BCUT2D eigenvalue weighted by Crippen LogP contribution is 2.36. The van der Waals surface area contributed by atoms with E-state index in [1.807, 2.05) is 12.4 Å². The molecule has 0 bridgehead atoms. The highest BCUT2D eigenvalue weighted by Gasteiger charge is 2.36. The minimum atomic E-state index is -0.0355. The molecule has 2 aromatic heterocycles. The van der Waals surface area contributed by atoms with Crippen LogP contribution in [-0.2, 0) is 12.0 Å². The second-order valence-electron chi connectivity index (χ2n) is 7.05. The van der Waals surface area contributed by atoms with Crippen LogP contribution in [0.1, 0.15) is 41.4 Å². The number of nitrogens with zero attached hydrogens (tertiary/aromatic N) is 4. The normalized spacial score (nSPS) is 17.6. The fourth-order valence-electron chi connectivity index (χ4n) is 3.35. The van der Waals surface area contributed by atoms with Crippen molar-refractivity contribution >= 4 is 5.91 Å². The van der Waals surface area contributed by atoms with Crippen LogP contribution >= 0.6 is 0 Å². The number of likely N-dealkylation sites (tertiary alicyclic amines) is 1. The monoisotopic (exact) mass is 327 g/mol. The maximum Gasteiger partial charge on any atom is 0.256 e. The second kappa shape index (κ2) is 6.73. The van der Waals surface area contributed by atoms with Gasteiger partial charge in [-0.1, -0.05) is 6.92 Å². The SMILES string of the molecule is CN(C)C(=O)c1cn[nH]c1C1(C)CCN(Cc2ccncc2)CC1. The Labute approximate surface area is 142 Å². The van der Waals surface area contributed by atoms with Crippen molar-refractivity contribution in [3.8, 4) is 0 Å². The summed E-state index contributed by atoms with van der Waals surface area (Å²) in [5.41, 5.74) is 2.93. The summed E-state index contributed by atoms with van der Waals surface area (Å²) >= 11 is 0. The Morgan fingerprint density at radius 2 is 1.96 bits per heavy atom. The van der Waals surface area contributed by atoms with Crippen LogP contribution in [0.4, 0.5) is 0 Å². The van der Waals surface area contributed by atoms with Crippen molar-refractivity contribution in [2.24, 2.45) is 0 Å². The van der Waals surface area contributed by atoms with Crippen LogP contribution in [-0.4, -0.2) is 58.1 Å². The van der Waals surface area contributed by atoms with Crippen LogP contribution in [0.2, 0.25) is 0 Å². The minimum Gasteiger partial charge on any atom is -0.345 e. The Kier molecular flexibility index (Phi) is 4.66. The van der Waals surface area contributed by atoms with Crippen molar-refractivity contribution in [2.45, 2.75) is 31.7 Å². The number of aromatic amines is 1. The molecule has 0 radical (unpaired) electrons. The highest BCUT2D eigenvalue weighted by molar-refractivity contribution is 5.95. The Bertz CT molecular complexity index is 686. The number of carbonyl (C=O) groups is 1. The molecule has 1 aliphatic rings. The van der Waals surface area contributed by atoms with Crippen LogP contribution in [0.15, 0.2) is 30.7 Å². The summed E-state index contributed by atoms with van der Waals surface area (Å²) in [5.74, 6) is 0.0131. The number of piperidine rings is 1. The molecule has 2 aromatic rings. The van der Waals surface area contributed by atoms with E-state index in [4.69, 9.17) is 0 Å². The van der Waals surface area contributed by atoms with Gasteiger partial charge in [-0.3, -0.25) is 19.8 Å². The fourth-order valence-corrected chi connectivity index (χ4v) is 3.35. The first kappa shape index (κ1) is 16.6. The molecular formula is C18H25N5O. The fraction of sp³-hybridized carbons (Fsp3) is 0.500. The topological polar surface area (TPSA) is 65.1 Å². The molecule has 24 heavy (non-hydrogen) atoms. The largest absolute Gasteiger partial charge is 0.345 e. The number of carbonyl (C=O) groups excluding carboxylic acids is 1. The third-order valence-electron chi connectivity index (χ3n) is 4.99. The standard InChI is InChI=1S/C18H25N5O/c1-18(16-15(12-20-21-16)17(24)22(2)3)6-10-23(11-7-18)13-14-4-8-19-9-5-14/h4-5,8-9,12H,6-7,10-11,13H2,1-3H3,(H,20,21). The molecule has 6 heteroatoms. The number of nitrogens with one attached hydrogen (secondary N) is 1. The van der Waals surface area contributed by atoms with Gasteiger partial charge in [0.05, 0.1) is 17.5 Å². The van der Waals surface area contributed by atoms with E-state index < -0.39 is 0 Å². The molecule has 3 heterocycles. The number of hydrogen-bond acceptors (Lipinski definition) is 4. The predicted molar refractivity (Wildman–Crippen MR) is 92.7 cm³/mol. The summed E-state index contributed by atoms with van der Waals surface area (Å²) < 4.78 is 0. The zero-order chi connectivity index (χ0) is 17.2. The first-order valence-corrected chi connectivity index (χ1v) is 8.36. The molecule has 128 valence electrons. The number of pyridine rings is 1. The molecule has 3 rings (SSSR count). The molecule has 0 unspecified atom stereocenters. The first-order valence-electron chi connectivity index (χ1n) is 8.36. The summed E-state index contributed by atoms with van der Waals surface area (Å²) in [4.78, 5) is 20.5. The lowest BCUT2D eigenvalue weighted by Gasteiger charge is -2.39. The third kappa shape index (κ3) is 3.33. The van der Waals surface area contributed by atoms with Gasteiger partial charge in [0.15, 0.2) is 0 Å². The summed E-state index contributed by atoms with van der Waals surface area (Å²) in [6.45, 7) is 5.20. The quantitative estimate of drug-likeness (QED) is 0.933. The summed E-state index contributed by atoms with van der Waals surface area (Å²) in [7, 11) is 3.55. The van der Waals surface area contributed by atoms with Crippen molar-refractivity contribution in [3.05, 3.63) is 47.5 Å². The lowest BCUT2D eigenvalue weighted by Crippen LogP contribution is -2.41. The van der Waals surface area contributed by atoms with Gasteiger partial charge in [-0.2, -0.15) is 5.10 Å². The Balaban J connectivity index is 1.69. The number of hydrogen-bond donors (Lipinski definition) is 1. The maximum absolute atomic E-state index is 12.4. The van der Waals surface area contributed by atoms with Gasteiger partial charge in [0, 0.05) is 38.4 Å². The van der Waals surface area contributed by atoms with Crippen molar-refractivity contribution in [1.82, 2.24) is 25.0 Å². The van der Waals surface area contributed by atoms with E-state index in [1.165, 1.54) is 5.56 Å². The van der Waals surface area contributed by atoms with Crippen molar-refractivity contribution < 1.29 is 4.79 Å². The van der Waals surface area contributed by atoms with Crippen molar-refractivity contribution in [1.29, 1.82) is 0 Å². The number of H-pyrrole nitrogens is 1. The molecule has 1 saturated heterocycles. The van der Waals surface area contributed by atoms with Gasteiger partial charge in [0.1, 0.15) is 0 Å². The van der Waals surface area contributed by atoms with Crippen LogP contribution in [0.3, 0.4) is 0 Å². The molecule has 1 N–H and O–H groups in total. The molecule has 0 aliphatic carbocycles. The Hall–Kier alpha value is -2.21. The maximum atomic E-state index is 12.4. The lowest BCUT2D eigenvalue weighted by molar-refractivity contribution is 0.0822. The smallest absolute Gasteiger partial charge is 0.256 e. The van der Waals surface area contributed by atoms with E-state index >= 15 is 0 Å². The predicted octanol–water partition coefficient (Wildman–Crippen LogP) is 2.06.